The predicted octanol–water partition coefficient (Wildman–Crippen LogP) is 5.97. The van der Waals surface area contributed by atoms with Crippen molar-refractivity contribution in [1.82, 2.24) is 15.3 Å². The van der Waals surface area contributed by atoms with Gasteiger partial charge in [-0.25, -0.2) is 4.98 Å². The first-order chi connectivity index (χ1) is 19.1. The van der Waals surface area contributed by atoms with Crippen molar-refractivity contribution in [2.45, 2.75) is 38.5 Å². The highest BCUT2D eigenvalue weighted by atomic mass is 19.4. The van der Waals surface area contributed by atoms with Gasteiger partial charge in [0.25, 0.3) is 0 Å². The maximum Gasteiger partial charge on any atom is 0.416 e. The Bertz CT molecular complexity index is 1370. The van der Waals surface area contributed by atoms with E-state index in [1.807, 2.05) is 24.0 Å². The Balaban J connectivity index is 1.75. The molecule has 0 radical (unpaired) electrons. The van der Waals surface area contributed by atoms with Gasteiger partial charge in [0.1, 0.15) is 11.4 Å². The Labute approximate surface area is 233 Å². The number of carbonyl (C=O) groups excluding carboxylic acids is 1. The van der Waals surface area contributed by atoms with Crippen LogP contribution in [0.2, 0.25) is 0 Å². The van der Waals surface area contributed by atoms with Gasteiger partial charge >= 0.3 is 12.4 Å². The molecule has 2 aromatic carbocycles. The molecule has 4 rings (SSSR count). The van der Waals surface area contributed by atoms with Crippen LogP contribution >= 0.6 is 0 Å². The lowest BCUT2D eigenvalue weighted by Gasteiger charge is -2.32. The number of carbonyl (C=O) groups is 1. The molecule has 1 N–H and O–H groups in total. The molecule has 0 aliphatic carbocycles. The largest absolute Gasteiger partial charge is 0.437 e. The third-order valence-corrected chi connectivity index (χ3v) is 6.87. The maximum atomic E-state index is 13.8. The first-order valence-electron chi connectivity index (χ1n) is 12.7. The molecular formula is C28H29F6N5O2. The second-order valence-corrected chi connectivity index (χ2v) is 10.3. The average Bonchev–Trinajstić information content (AvgIpc) is 2.92. The van der Waals surface area contributed by atoms with E-state index in [0.717, 1.165) is 10.5 Å². The highest BCUT2D eigenvalue weighted by Gasteiger charge is 2.41. The first-order valence-corrected chi connectivity index (χ1v) is 12.7. The molecule has 1 saturated heterocycles. The van der Waals surface area contributed by atoms with E-state index < -0.39 is 40.4 Å². The maximum absolute atomic E-state index is 13.8. The van der Waals surface area contributed by atoms with Crippen LogP contribution in [0.15, 0.2) is 48.7 Å². The molecule has 1 aromatic heterocycles. The number of anilines is 2. The van der Waals surface area contributed by atoms with Crippen LogP contribution in [0.25, 0.3) is 0 Å². The number of likely N-dealkylation sites (N-methyl/N-ethyl adjacent to an activating group) is 1. The Hall–Kier alpha value is -3.87. The molecule has 0 spiro atoms. The number of piperazine rings is 1. The molecule has 0 atom stereocenters. The molecule has 1 aliphatic heterocycles. The first kappa shape index (κ1) is 30.1. The van der Waals surface area contributed by atoms with Gasteiger partial charge in [0, 0.05) is 33.2 Å². The van der Waals surface area contributed by atoms with E-state index in [1.165, 1.54) is 27.1 Å². The van der Waals surface area contributed by atoms with Crippen LogP contribution in [0, 0.1) is 6.92 Å². The second-order valence-electron chi connectivity index (χ2n) is 10.3. The van der Waals surface area contributed by atoms with E-state index >= 15 is 0 Å². The lowest BCUT2D eigenvalue weighted by molar-refractivity contribution is -0.143. The van der Waals surface area contributed by atoms with E-state index in [4.69, 9.17) is 4.74 Å². The molecule has 41 heavy (non-hydrogen) atoms. The summed E-state index contributed by atoms with van der Waals surface area (Å²) in [7, 11) is 1.34. The van der Waals surface area contributed by atoms with Gasteiger partial charge < -0.3 is 19.9 Å². The summed E-state index contributed by atoms with van der Waals surface area (Å²) in [6.45, 7) is 7.10. The number of alkyl halides is 6. The number of halogens is 6. The zero-order valence-corrected chi connectivity index (χ0v) is 22.8. The summed E-state index contributed by atoms with van der Waals surface area (Å²) in [5.41, 5.74) is -4.19. The van der Waals surface area contributed by atoms with E-state index in [-0.39, 0.29) is 17.6 Å². The van der Waals surface area contributed by atoms with E-state index in [2.05, 4.69) is 15.3 Å². The van der Waals surface area contributed by atoms with Gasteiger partial charge in [-0.15, -0.1) is 0 Å². The van der Waals surface area contributed by atoms with Crippen LogP contribution in [-0.4, -0.2) is 49.1 Å². The summed E-state index contributed by atoms with van der Waals surface area (Å²) in [6.07, 6.45) is -8.75. The molecular weight excluding hydrogens is 552 g/mol. The fourth-order valence-corrected chi connectivity index (χ4v) is 4.36. The Kier molecular flexibility index (Phi) is 8.21. The monoisotopic (exact) mass is 581 g/mol. The zero-order chi connectivity index (χ0) is 30.2. The predicted molar refractivity (Wildman–Crippen MR) is 141 cm³/mol. The number of aromatic nitrogens is 2. The second kappa shape index (κ2) is 11.2. The molecule has 0 saturated carbocycles. The minimum absolute atomic E-state index is 0.00376. The summed E-state index contributed by atoms with van der Waals surface area (Å²) < 4.78 is 87.2. The third-order valence-electron chi connectivity index (χ3n) is 6.87. The van der Waals surface area contributed by atoms with Crippen molar-refractivity contribution >= 4 is 17.5 Å². The SMILES string of the molecule is Cc1ccc(Oc2nc(N3CCNCC3)ncc2N(C)C(=O)C(C)(C)c2cc(C(F)(F)F)cc(C(F)(F)F)c2)cc1. The van der Waals surface area contributed by atoms with Crippen molar-refractivity contribution in [3.8, 4) is 11.6 Å². The van der Waals surface area contributed by atoms with Crippen molar-refractivity contribution in [2.24, 2.45) is 0 Å². The Morgan fingerprint density at radius 1 is 0.927 bits per heavy atom. The van der Waals surface area contributed by atoms with Crippen molar-refractivity contribution in [2.75, 3.05) is 43.0 Å². The summed E-state index contributed by atoms with van der Waals surface area (Å²) in [5.74, 6) is -0.0268. The minimum Gasteiger partial charge on any atom is -0.437 e. The highest BCUT2D eigenvalue weighted by molar-refractivity contribution is 6.01. The fraction of sp³-hybridized carbons (Fsp3) is 0.393. The molecule has 1 amide bonds. The average molecular weight is 582 g/mol. The number of aryl methyl sites for hydroxylation is 1. The van der Waals surface area contributed by atoms with E-state index in [9.17, 15) is 31.1 Å². The lowest BCUT2D eigenvalue weighted by Crippen LogP contribution is -2.44. The number of amides is 1. The Morgan fingerprint density at radius 3 is 2.00 bits per heavy atom. The Morgan fingerprint density at radius 2 is 1.46 bits per heavy atom. The molecule has 3 aromatic rings. The number of nitrogens with one attached hydrogen (secondary N) is 1. The van der Waals surface area contributed by atoms with Crippen LogP contribution in [0.5, 0.6) is 11.6 Å². The summed E-state index contributed by atoms with van der Waals surface area (Å²) in [4.78, 5) is 25.7. The van der Waals surface area contributed by atoms with Gasteiger partial charge in [-0.05, 0) is 56.7 Å². The standard InChI is InChI=1S/C28H29F6N5O2/c1-17-5-7-21(8-6-17)41-23-22(16-36-25(37-23)39-11-9-35-10-12-39)38(4)24(40)26(2,3)18-13-19(27(29,30)31)15-20(14-18)28(32,33)34/h5-8,13-16,35H,9-12H2,1-4H3. The van der Waals surface area contributed by atoms with Crippen LogP contribution in [-0.2, 0) is 22.6 Å². The van der Waals surface area contributed by atoms with Gasteiger partial charge in [-0.2, -0.15) is 31.3 Å². The van der Waals surface area contributed by atoms with Gasteiger partial charge in [0.05, 0.1) is 22.7 Å². The summed E-state index contributed by atoms with van der Waals surface area (Å²) in [6, 6.07) is 8.21. The molecule has 0 unspecified atom stereocenters. The van der Waals surface area contributed by atoms with Crippen molar-refractivity contribution in [1.29, 1.82) is 0 Å². The van der Waals surface area contributed by atoms with Crippen LogP contribution < -0.4 is 19.9 Å². The van der Waals surface area contributed by atoms with Gasteiger partial charge in [0.2, 0.25) is 17.7 Å². The smallest absolute Gasteiger partial charge is 0.416 e. The number of hydrogen-bond donors (Lipinski definition) is 1. The lowest BCUT2D eigenvalue weighted by atomic mass is 9.81. The number of hydrogen-bond acceptors (Lipinski definition) is 6. The van der Waals surface area contributed by atoms with E-state index in [1.54, 1.807) is 12.1 Å². The summed E-state index contributed by atoms with van der Waals surface area (Å²) >= 11 is 0. The number of ether oxygens (including phenoxy) is 1. The molecule has 2 heterocycles. The topological polar surface area (TPSA) is 70.6 Å². The number of rotatable bonds is 6. The van der Waals surface area contributed by atoms with Crippen LogP contribution in [0.4, 0.5) is 38.0 Å². The zero-order valence-electron chi connectivity index (χ0n) is 22.8. The molecule has 1 aliphatic rings. The van der Waals surface area contributed by atoms with Crippen molar-refractivity contribution in [3.05, 3.63) is 70.9 Å². The molecule has 220 valence electrons. The number of benzene rings is 2. The highest BCUT2D eigenvalue weighted by Crippen LogP contribution is 2.40. The molecule has 7 nitrogen and oxygen atoms in total. The van der Waals surface area contributed by atoms with Crippen molar-refractivity contribution < 1.29 is 35.9 Å². The minimum atomic E-state index is -5.05. The number of nitrogens with zero attached hydrogens (tertiary/aromatic N) is 4. The van der Waals surface area contributed by atoms with Gasteiger partial charge in [-0.1, -0.05) is 17.7 Å². The van der Waals surface area contributed by atoms with Crippen LogP contribution in [0.1, 0.15) is 36.1 Å². The molecule has 0 bridgehead atoms. The molecule has 13 heteroatoms. The normalized spacial score (nSPS) is 14.6. The quantitative estimate of drug-likeness (QED) is 0.362. The molecule has 1 fully saturated rings. The van der Waals surface area contributed by atoms with Gasteiger partial charge in [-0.3, -0.25) is 4.79 Å². The van der Waals surface area contributed by atoms with Gasteiger partial charge in [0.15, 0.2) is 0 Å². The van der Waals surface area contributed by atoms with Crippen molar-refractivity contribution in [3.63, 3.8) is 0 Å². The van der Waals surface area contributed by atoms with E-state index in [0.29, 0.717) is 50.0 Å². The fourth-order valence-electron chi connectivity index (χ4n) is 4.36. The van der Waals surface area contributed by atoms with Crippen LogP contribution in [0.3, 0.4) is 0 Å². The summed E-state index contributed by atoms with van der Waals surface area (Å²) in [5, 5.41) is 3.23. The third kappa shape index (κ3) is 6.72.